The van der Waals surface area contributed by atoms with E-state index >= 15 is 0 Å². The molecule has 0 bridgehead atoms. The van der Waals surface area contributed by atoms with Crippen LogP contribution in [-0.2, 0) is 14.2 Å². The molecule has 5 unspecified atom stereocenters. The highest BCUT2D eigenvalue weighted by Gasteiger charge is 2.44. The van der Waals surface area contributed by atoms with Gasteiger partial charge in [-0.1, -0.05) is 6.92 Å². The number of methoxy groups -OCH3 is 1. The maximum atomic E-state index is 9.25. The van der Waals surface area contributed by atoms with Gasteiger partial charge in [0.15, 0.2) is 6.29 Å². The minimum Gasteiger partial charge on any atom is -0.394 e. The largest absolute Gasteiger partial charge is 0.394 e. The van der Waals surface area contributed by atoms with Crippen LogP contribution in [0.25, 0.3) is 0 Å². The van der Waals surface area contributed by atoms with Gasteiger partial charge in [0.05, 0.1) is 30.8 Å². The molecule has 1 aliphatic heterocycles. The fourth-order valence-corrected chi connectivity index (χ4v) is 2.11. The highest BCUT2D eigenvalue weighted by atomic mass is 16.7. The van der Waals surface area contributed by atoms with Gasteiger partial charge in [-0.05, 0) is 13.8 Å². The van der Waals surface area contributed by atoms with Crippen LogP contribution in [0.4, 0.5) is 0 Å². The molecule has 1 rings (SSSR count). The van der Waals surface area contributed by atoms with E-state index in [0.717, 1.165) is 0 Å². The number of nitriles is 1. The molecule has 0 radical (unpaired) electrons. The van der Waals surface area contributed by atoms with E-state index in [2.05, 4.69) is 6.07 Å². The summed E-state index contributed by atoms with van der Waals surface area (Å²) in [6.07, 6.45) is -1.42. The van der Waals surface area contributed by atoms with Crippen molar-refractivity contribution in [3.05, 3.63) is 0 Å². The van der Waals surface area contributed by atoms with Crippen LogP contribution in [0.3, 0.4) is 0 Å². The molecular weight excluding hydrogens is 222 g/mol. The molecule has 0 spiro atoms. The number of hydrogen-bond donors (Lipinski definition) is 1. The summed E-state index contributed by atoms with van der Waals surface area (Å²) < 4.78 is 16.6. The Kier molecular flexibility index (Phi) is 5.34. The molecule has 0 amide bonds. The minimum atomic E-state index is -0.599. The first kappa shape index (κ1) is 14.4. The van der Waals surface area contributed by atoms with E-state index in [9.17, 15) is 10.4 Å². The summed E-state index contributed by atoms with van der Waals surface area (Å²) in [5.74, 6) is -0.420. The lowest BCUT2D eigenvalue weighted by Gasteiger charge is -2.42. The van der Waals surface area contributed by atoms with Gasteiger partial charge in [0.1, 0.15) is 6.10 Å². The maximum absolute atomic E-state index is 9.25. The lowest BCUT2D eigenvalue weighted by atomic mass is 9.83. The quantitative estimate of drug-likeness (QED) is 0.795. The molecule has 0 aliphatic carbocycles. The van der Waals surface area contributed by atoms with E-state index in [1.54, 1.807) is 7.11 Å². The lowest BCUT2D eigenvalue weighted by molar-refractivity contribution is -0.284. The molecule has 1 aliphatic rings. The predicted molar refractivity (Wildman–Crippen MR) is 61.0 cm³/mol. The number of hydrogen-bond acceptors (Lipinski definition) is 5. The lowest BCUT2D eigenvalue weighted by Crippen LogP contribution is -2.53. The average molecular weight is 243 g/mol. The molecule has 1 heterocycles. The predicted octanol–water partition coefficient (Wildman–Crippen LogP) is 0.919. The molecule has 5 nitrogen and oxygen atoms in total. The first-order chi connectivity index (χ1) is 8.04. The van der Waals surface area contributed by atoms with Gasteiger partial charge in [-0.15, -0.1) is 0 Å². The number of rotatable bonds is 4. The van der Waals surface area contributed by atoms with Gasteiger partial charge in [-0.3, -0.25) is 0 Å². The number of nitrogens with zero attached hydrogens (tertiary/aromatic N) is 1. The van der Waals surface area contributed by atoms with Crippen LogP contribution in [0.1, 0.15) is 20.8 Å². The van der Waals surface area contributed by atoms with Crippen LogP contribution in [-0.4, -0.2) is 43.4 Å². The number of aliphatic hydroxyl groups excluding tert-OH is 1. The SMILES string of the molecule is COC1C(OC(C)C)OC(CO)C(C)C1C#N. The van der Waals surface area contributed by atoms with Crippen LogP contribution in [0.15, 0.2) is 0 Å². The van der Waals surface area contributed by atoms with Gasteiger partial charge in [0.25, 0.3) is 0 Å². The zero-order chi connectivity index (χ0) is 13.0. The standard InChI is InChI=1S/C12H21NO4/c1-7(2)16-12-11(15-4)9(5-13)8(3)10(6-14)17-12/h7-12,14H,6H2,1-4H3. The summed E-state index contributed by atoms with van der Waals surface area (Å²) in [6, 6.07) is 2.23. The Labute approximate surface area is 102 Å². The third-order valence-corrected chi connectivity index (χ3v) is 3.09. The summed E-state index contributed by atoms with van der Waals surface area (Å²) >= 11 is 0. The molecule has 5 atom stereocenters. The van der Waals surface area contributed by atoms with Crippen molar-refractivity contribution >= 4 is 0 Å². The third-order valence-electron chi connectivity index (χ3n) is 3.09. The molecule has 1 N–H and O–H groups in total. The van der Waals surface area contributed by atoms with E-state index in [0.29, 0.717) is 0 Å². The summed E-state index contributed by atoms with van der Waals surface area (Å²) in [4.78, 5) is 0. The molecule has 98 valence electrons. The average Bonchev–Trinajstić information content (AvgIpc) is 2.29. The summed E-state index contributed by atoms with van der Waals surface area (Å²) in [6.45, 7) is 5.55. The van der Waals surface area contributed by atoms with Gasteiger partial charge < -0.3 is 19.3 Å². The van der Waals surface area contributed by atoms with Gasteiger partial charge in [0, 0.05) is 13.0 Å². The van der Waals surface area contributed by atoms with Crippen LogP contribution in [0.5, 0.6) is 0 Å². The Morgan fingerprint density at radius 1 is 1.47 bits per heavy atom. The maximum Gasteiger partial charge on any atom is 0.185 e. The fraction of sp³-hybridized carbons (Fsp3) is 0.917. The van der Waals surface area contributed by atoms with Crippen molar-refractivity contribution in [2.45, 2.75) is 45.4 Å². The second-order valence-corrected chi connectivity index (χ2v) is 4.62. The van der Waals surface area contributed by atoms with E-state index in [-0.39, 0.29) is 30.7 Å². The van der Waals surface area contributed by atoms with E-state index in [4.69, 9.17) is 14.2 Å². The highest BCUT2D eigenvalue weighted by Crippen LogP contribution is 2.33. The van der Waals surface area contributed by atoms with E-state index < -0.39 is 12.4 Å². The molecule has 0 saturated carbocycles. The molecule has 17 heavy (non-hydrogen) atoms. The Bertz CT molecular complexity index is 276. The minimum absolute atomic E-state index is 0.0234. The second-order valence-electron chi connectivity index (χ2n) is 4.62. The van der Waals surface area contributed by atoms with Crippen molar-refractivity contribution in [1.29, 1.82) is 5.26 Å². The number of ether oxygens (including phenoxy) is 3. The molecule has 0 aromatic rings. The normalized spacial score (nSPS) is 38.1. The molecule has 1 fully saturated rings. The van der Waals surface area contributed by atoms with Gasteiger partial charge in [-0.2, -0.15) is 5.26 Å². The Morgan fingerprint density at radius 3 is 2.53 bits per heavy atom. The van der Waals surface area contributed by atoms with Crippen molar-refractivity contribution in [1.82, 2.24) is 0 Å². The Hall–Kier alpha value is -0.670. The summed E-state index contributed by atoms with van der Waals surface area (Å²) in [5, 5.41) is 18.5. The smallest absolute Gasteiger partial charge is 0.185 e. The van der Waals surface area contributed by atoms with E-state index in [1.807, 2.05) is 20.8 Å². The van der Waals surface area contributed by atoms with Crippen LogP contribution in [0.2, 0.25) is 0 Å². The molecule has 5 heteroatoms. The van der Waals surface area contributed by atoms with Crippen molar-refractivity contribution < 1.29 is 19.3 Å². The summed E-state index contributed by atoms with van der Waals surface area (Å²) in [5.41, 5.74) is 0. The van der Waals surface area contributed by atoms with Crippen molar-refractivity contribution in [2.75, 3.05) is 13.7 Å². The second kappa shape index (κ2) is 6.31. The zero-order valence-electron chi connectivity index (χ0n) is 10.8. The fourth-order valence-electron chi connectivity index (χ4n) is 2.11. The summed E-state index contributed by atoms with van der Waals surface area (Å²) in [7, 11) is 1.54. The topological polar surface area (TPSA) is 71.7 Å². The molecule has 0 aromatic heterocycles. The van der Waals surface area contributed by atoms with Gasteiger partial charge in [0.2, 0.25) is 0 Å². The van der Waals surface area contributed by atoms with Gasteiger partial charge in [-0.25, -0.2) is 0 Å². The van der Waals surface area contributed by atoms with Crippen molar-refractivity contribution in [2.24, 2.45) is 11.8 Å². The van der Waals surface area contributed by atoms with Crippen LogP contribution in [0, 0.1) is 23.2 Å². The van der Waals surface area contributed by atoms with E-state index in [1.165, 1.54) is 0 Å². The molecular formula is C12H21NO4. The van der Waals surface area contributed by atoms with Crippen LogP contribution >= 0.6 is 0 Å². The monoisotopic (exact) mass is 243 g/mol. The highest BCUT2D eigenvalue weighted by molar-refractivity contribution is 4.99. The first-order valence-corrected chi connectivity index (χ1v) is 5.89. The van der Waals surface area contributed by atoms with Crippen LogP contribution < -0.4 is 0 Å². The molecule has 1 saturated heterocycles. The van der Waals surface area contributed by atoms with Crippen molar-refractivity contribution in [3.8, 4) is 6.07 Å². The third kappa shape index (κ3) is 3.17. The Morgan fingerprint density at radius 2 is 2.12 bits per heavy atom. The van der Waals surface area contributed by atoms with Crippen molar-refractivity contribution in [3.63, 3.8) is 0 Å². The Balaban J connectivity index is 2.85. The first-order valence-electron chi connectivity index (χ1n) is 5.89. The zero-order valence-corrected chi connectivity index (χ0v) is 10.8. The molecule has 0 aromatic carbocycles. The van der Waals surface area contributed by atoms with Gasteiger partial charge >= 0.3 is 0 Å². The number of aliphatic hydroxyl groups is 1.